The predicted octanol–water partition coefficient (Wildman–Crippen LogP) is 4.12. The molecule has 0 saturated carbocycles. The summed E-state index contributed by atoms with van der Waals surface area (Å²) in [5, 5.41) is 0. The molecule has 0 unspecified atom stereocenters. The first-order chi connectivity index (χ1) is 8.40. The maximum Gasteiger partial charge on any atom is 0.327 e. The Morgan fingerprint density at radius 2 is 1.53 bits per heavy atom. The van der Waals surface area contributed by atoms with Crippen LogP contribution in [0.5, 0.6) is 0 Å². The van der Waals surface area contributed by atoms with Gasteiger partial charge in [-0.2, -0.15) is 0 Å². The van der Waals surface area contributed by atoms with Crippen LogP contribution < -0.4 is 0 Å². The molecule has 0 bridgehead atoms. The van der Waals surface area contributed by atoms with Gasteiger partial charge in [-0.15, -0.1) is 0 Å². The van der Waals surface area contributed by atoms with Gasteiger partial charge in [0.05, 0.1) is 6.61 Å². The molecule has 2 aromatic carbocycles. The van der Waals surface area contributed by atoms with Crippen LogP contribution >= 0.6 is 8.69 Å². The third kappa shape index (κ3) is 3.48. The van der Waals surface area contributed by atoms with Gasteiger partial charge in [0.25, 0.3) is 0 Å². The van der Waals surface area contributed by atoms with Crippen molar-refractivity contribution in [3.8, 4) is 11.1 Å². The first kappa shape index (κ1) is 12.0. The van der Waals surface area contributed by atoms with E-state index in [-0.39, 0.29) is 8.69 Å². The van der Waals surface area contributed by atoms with Gasteiger partial charge in [0.2, 0.25) is 0 Å². The van der Waals surface area contributed by atoms with Gasteiger partial charge in [-0.05, 0) is 23.1 Å². The Bertz CT molecular complexity index is 465. The lowest BCUT2D eigenvalue weighted by Crippen LogP contribution is -1.91. The van der Waals surface area contributed by atoms with Crippen LogP contribution in [0.25, 0.3) is 11.1 Å². The zero-order valence-corrected chi connectivity index (χ0v) is 10.3. The van der Waals surface area contributed by atoms with Gasteiger partial charge in [0.15, 0.2) is 0 Å². The zero-order valence-electron chi connectivity index (χ0n) is 9.37. The Labute approximate surface area is 103 Å². The monoisotopic (exact) mass is 244 g/mol. The number of benzene rings is 2. The molecule has 86 valence electrons. The molecule has 0 heterocycles. The molecule has 2 aromatic rings. The van der Waals surface area contributed by atoms with Crippen LogP contribution in [0, 0.1) is 0 Å². The molecule has 0 atom stereocenters. The molecule has 0 radical (unpaired) electrons. The lowest BCUT2D eigenvalue weighted by molar-refractivity contribution is 0.347. The van der Waals surface area contributed by atoms with Crippen LogP contribution in [-0.2, 0) is 15.5 Å². The molecule has 3 heteroatoms. The molecule has 0 spiro atoms. The lowest BCUT2D eigenvalue weighted by Gasteiger charge is -2.03. The fraction of sp³-hybridized carbons (Fsp3) is 0.143. The van der Waals surface area contributed by atoms with E-state index in [1.54, 1.807) is 0 Å². The van der Waals surface area contributed by atoms with Crippen molar-refractivity contribution in [2.45, 2.75) is 6.42 Å². The molecule has 2 rings (SSSR count). The lowest BCUT2D eigenvalue weighted by atomic mass is 10.0. The largest absolute Gasteiger partial charge is 0.327 e. The zero-order chi connectivity index (χ0) is 11.9. The Morgan fingerprint density at radius 1 is 0.882 bits per heavy atom. The fourth-order valence-corrected chi connectivity index (χ4v) is 1.86. The Morgan fingerprint density at radius 3 is 2.18 bits per heavy atom. The highest BCUT2D eigenvalue weighted by Gasteiger charge is 1.97. The van der Waals surface area contributed by atoms with Gasteiger partial charge in [-0.3, -0.25) is 4.52 Å². The summed E-state index contributed by atoms with van der Waals surface area (Å²) in [7, 11) is -0.247. The molecule has 0 aliphatic heterocycles. The summed E-state index contributed by atoms with van der Waals surface area (Å²) in [6.45, 7) is 0.482. The van der Waals surface area contributed by atoms with Crippen LogP contribution in [0.1, 0.15) is 5.56 Å². The SMILES string of the molecule is O=POCCc1ccc(-c2ccccc2)cc1. The van der Waals surface area contributed by atoms with Crippen molar-refractivity contribution in [1.29, 1.82) is 0 Å². The molecule has 0 N–H and O–H groups in total. The standard InChI is InChI=1S/C14H13O2P/c15-17-16-11-10-12-6-8-14(9-7-12)13-4-2-1-3-5-13/h1-9H,10-11H2. The fourth-order valence-electron chi connectivity index (χ4n) is 1.70. The molecule has 0 aliphatic rings. The summed E-state index contributed by atoms with van der Waals surface area (Å²) in [6, 6.07) is 18.6. The molecule has 0 saturated heterocycles. The minimum Gasteiger partial charge on any atom is -0.294 e. The molecule has 2 nitrogen and oxygen atoms in total. The van der Waals surface area contributed by atoms with E-state index in [1.165, 1.54) is 16.7 Å². The predicted molar refractivity (Wildman–Crippen MR) is 69.1 cm³/mol. The van der Waals surface area contributed by atoms with Crippen LogP contribution in [-0.4, -0.2) is 6.61 Å². The molecular weight excluding hydrogens is 231 g/mol. The minimum atomic E-state index is -0.247. The summed E-state index contributed by atoms with van der Waals surface area (Å²) in [6.07, 6.45) is 0.782. The van der Waals surface area contributed by atoms with E-state index in [0.717, 1.165) is 6.42 Å². The highest BCUT2D eigenvalue weighted by atomic mass is 31.1. The topological polar surface area (TPSA) is 26.3 Å². The van der Waals surface area contributed by atoms with Crippen LogP contribution in [0.15, 0.2) is 54.6 Å². The van der Waals surface area contributed by atoms with E-state index in [2.05, 4.69) is 36.4 Å². The normalized spacial score (nSPS) is 10.6. The third-order valence-electron chi connectivity index (χ3n) is 2.60. The van der Waals surface area contributed by atoms with Crippen molar-refractivity contribution in [2.24, 2.45) is 0 Å². The summed E-state index contributed by atoms with van der Waals surface area (Å²) in [5.41, 5.74) is 3.61. The second kappa shape index (κ2) is 6.29. The third-order valence-corrected chi connectivity index (χ3v) is 2.88. The molecule has 0 aromatic heterocycles. The van der Waals surface area contributed by atoms with E-state index in [9.17, 15) is 4.57 Å². The quantitative estimate of drug-likeness (QED) is 0.584. The van der Waals surface area contributed by atoms with Crippen molar-refractivity contribution in [3.05, 3.63) is 60.2 Å². The highest BCUT2D eigenvalue weighted by molar-refractivity contribution is 7.17. The highest BCUT2D eigenvalue weighted by Crippen LogP contribution is 2.19. The van der Waals surface area contributed by atoms with E-state index in [4.69, 9.17) is 4.52 Å². The van der Waals surface area contributed by atoms with Crippen molar-refractivity contribution >= 4 is 8.69 Å². The van der Waals surface area contributed by atoms with E-state index >= 15 is 0 Å². The smallest absolute Gasteiger partial charge is 0.294 e. The van der Waals surface area contributed by atoms with Gasteiger partial charge < -0.3 is 0 Å². The summed E-state index contributed by atoms with van der Waals surface area (Å²) in [5.74, 6) is 0. The Kier molecular flexibility index (Phi) is 4.43. The first-order valence-electron chi connectivity index (χ1n) is 5.49. The van der Waals surface area contributed by atoms with Crippen molar-refractivity contribution in [3.63, 3.8) is 0 Å². The second-order valence-electron chi connectivity index (χ2n) is 3.72. The molecule has 17 heavy (non-hydrogen) atoms. The first-order valence-corrected chi connectivity index (χ1v) is 6.22. The number of rotatable bonds is 5. The summed E-state index contributed by atoms with van der Waals surface area (Å²) >= 11 is 0. The van der Waals surface area contributed by atoms with Gasteiger partial charge in [0, 0.05) is 0 Å². The van der Waals surface area contributed by atoms with Crippen LogP contribution in [0.2, 0.25) is 0 Å². The van der Waals surface area contributed by atoms with Gasteiger partial charge in [0.1, 0.15) is 0 Å². The second-order valence-corrected chi connectivity index (χ2v) is 4.13. The minimum absolute atomic E-state index is 0.247. The van der Waals surface area contributed by atoms with Gasteiger partial charge in [-0.25, -0.2) is 4.57 Å². The molecule has 0 aliphatic carbocycles. The molecule has 0 amide bonds. The van der Waals surface area contributed by atoms with Gasteiger partial charge in [-0.1, -0.05) is 54.6 Å². The van der Waals surface area contributed by atoms with E-state index < -0.39 is 0 Å². The van der Waals surface area contributed by atoms with Crippen LogP contribution in [0.4, 0.5) is 0 Å². The average Bonchev–Trinajstić information content (AvgIpc) is 2.41. The summed E-state index contributed by atoms with van der Waals surface area (Å²) in [4.78, 5) is 0. The van der Waals surface area contributed by atoms with Crippen molar-refractivity contribution in [2.75, 3.05) is 6.61 Å². The Balaban J connectivity index is 2.05. The molecule has 0 fully saturated rings. The maximum absolute atomic E-state index is 10.1. The Hall–Kier alpha value is -1.50. The summed E-state index contributed by atoms with van der Waals surface area (Å²) < 4.78 is 14.9. The van der Waals surface area contributed by atoms with Gasteiger partial charge >= 0.3 is 8.69 Å². The number of hydrogen-bond acceptors (Lipinski definition) is 2. The van der Waals surface area contributed by atoms with E-state index in [1.807, 2.05) is 18.2 Å². The van der Waals surface area contributed by atoms with E-state index in [0.29, 0.717) is 6.61 Å². The van der Waals surface area contributed by atoms with Crippen LogP contribution in [0.3, 0.4) is 0 Å². The van der Waals surface area contributed by atoms with Crippen molar-refractivity contribution in [1.82, 2.24) is 0 Å². The average molecular weight is 244 g/mol. The van der Waals surface area contributed by atoms with Crippen molar-refractivity contribution < 1.29 is 9.09 Å². The number of hydrogen-bond donors (Lipinski definition) is 0. The molecular formula is C14H13O2P. The maximum atomic E-state index is 10.1.